The highest BCUT2D eigenvalue weighted by molar-refractivity contribution is 5.70. The molecule has 0 aromatic rings. The summed E-state index contributed by atoms with van der Waals surface area (Å²) in [5.41, 5.74) is 0. The van der Waals surface area contributed by atoms with Crippen LogP contribution >= 0.6 is 0 Å². The second kappa shape index (κ2) is 54.9. The van der Waals surface area contributed by atoms with Crippen LogP contribution in [0.3, 0.4) is 0 Å². The Hall–Kier alpha value is -5.35. The van der Waals surface area contributed by atoms with Crippen molar-refractivity contribution in [3.05, 3.63) is 170 Å². The van der Waals surface area contributed by atoms with Crippen LogP contribution in [0.1, 0.15) is 168 Å². The van der Waals surface area contributed by atoms with Gasteiger partial charge in [-0.25, -0.2) is 0 Å². The molecule has 0 amide bonds. The molecule has 2 unspecified atom stereocenters. The predicted octanol–water partition coefficient (Wildman–Crippen LogP) is 15.4. The highest BCUT2D eigenvalue weighted by Gasteiger charge is 2.21. The second-order valence-electron chi connectivity index (χ2n) is 19.1. The van der Waals surface area contributed by atoms with Crippen molar-refractivity contribution < 1.29 is 42.9 Å². The molecule has 418 valence electrons. The first-order valence-electron chi connectivity index (χ1n) is 28.3. The van der Waals surface area contributed by atoms with Gasteiger partial charge in [0.05, 0.1) is 40.3 Å². The quantitative estimate of drug-likeness (QED) is 0.0195. The van der Waals surface area contributed by atoms with Crippen LogP contribution in [0, 0.1) is 0 Å². The third-order valence-electron chi connectivity index (χ3n) is 11.0. The van der Waals surface area contributed by atoms with Gasteiger partial charge in [-0.3, -0.25) is 9.59 Å². The lowest BCUT2D eigenvalue weighted by Gasteiger charge is -2.26. The highest BCUT2D eigenvalue weighted by Crippen LogP contribution is 2.11. The molecule has 9 heteroatoms. The molecule has 0 aromatic heterocycles. The van der Waals surface area contributed by atoms with Crippen molar-refractivity contribution in [2.24, 2.45) is 0 Å². The maximum absolute atomic E-state index is 12.8. The Morgan fingerprint density at radius 3 is 1.08 bits per heavy atom. The molecule has 0 N–H and O–H groups in total. The van der Waals surface area contributed by atoms with Gasteiger partial charge in [0.1, 0.15) is 13.2 Å². The van der Waals surface area contributed by atoms with Crippen LogP contribution < -0.4 is 5.11 Å². The van der Waals surface area contributed by atoms with Crippen LogP contribution in [0.5, 0.6) is 0 Å². The maximum atomic E-state index is 12.8. The van der Waals surface area contributed by atoms with E-state index in [2.05, 4.69) is 184 Å². The predicted molar refractivity (Wildman–Crippen MR) is 315 cm³/mol. The fourth-order valence-corrected chi connectivity index (χ4v) is 6.67. The zero-order valence-electron chi connectivity index (χ0n) is 47.3. The summed E-state index contributed by atoms with van der Waals surface area (Å²) >= 11 is 0. The van der Waals surface area contributed by atoms with Crippen molar-refractivity contribution in [3.8, 4) is 0 Å². The molecule has 9 nitrogen and oxygen atoms in total. The van der Waals surface area contributed by atoms with Gasteiger partial charge in [-0.2, -0.15) is 0 Å². The summed E-state index contributed by atoms with van der Waals surface area (Å²) in [5, 5.41) is 11.8. The second-order valence-corrected chi connectivity index (χ2v) is 19.1. The zero-order valence-corrected chi connectivity index (χ0v) is 47.3. The Bertz CT molecular complexity index is 1830. The van der Waals surface area contributed by atoms with Crippen LogP contribution in [0.4, 0.5) is 0 Å². The molecule has 0 rings (SSSR count). The largest absolute Gasteiger partial charge is 0.545 e. The molecule has 0 aliphatic heterocycles. The molecule has 0 aliphatic rings. The Kier molecular flexibility index (Phi) is 51.0. The zero-order chi connectivity index (χ0) is 54.8. The molecular weight excluding hydrogens is 935 g/mol. The number of esters is 2. The molecule has 0 spiro atoms. The van der Waals surface area contributed by atoms with Crippen LogP contribution in [-0.2, 0) is 33.3 Å². The number of carbonyl (C=O) groups excluding carboxylic acids is 3. The number of hydrogen-bond donors (Lipinski definition) is 0. The SMILES string of the molecule is CC/C=C\C/C=C\C/C=C\C/C=C\C/C=C\C/C=C\C/C=C\C/C=C\C/C=C\C/C=C\CCCCC(=O)OC(COC(=O)CCCCCC/C=C\C/C=C\C/C=C\C/C=C\CC)COC(OCC[N+](C)(C)C)C(=O)[O-]. The molecule has 0 aliphatic carbocycles. The maximum Gasteiger partial charge on any atom is 0.306 e. The third kappa shape index (κ3) is 56.2. The number of carboxylic acid groups (broad SMARTS) is 1. The number of carbonyl (C=O) groups is 3. The number of allylic oxidation sites excluding steroid dienone is 28. The summed E-state index contributed by atoms with van der Waals surface area (Å²) in [6.07, 6.45) is 79.8. The fraction of sp³-hybridized carbons (Fsp3) is 0.530. The minimum absolute atomic E-state index is 0.124. The first-order valence-corrected chi connectivity index (χ1v) is 28.3. The van der Waals surface area contributed by atoms with Gasteiger partial charge in [-0.05, 0) is 128 Å². The first-order chi connectivity index (χ1) is 36.6. The van der Waals surface area contributed by atoms with E-state index in [9.17, 15) is 19.5 Å². The Labute approximate surface area is 457 Å². The minimum atomic E-state index is -1.65. The number of hydrogen-bond acceptors (Lipinski definition) is 8. The third-order valence-corrected chi connectivity index (χ3v) is 11.0. The number of quaternary nitrogens is 1. The van der Waals surface area contributed by atoms with E-state index in [1.807, 2.05) is 21.1 Å². The average molecular weight is 1040 g/mol. The summed E-state index contributed by atoms with van der Waals surface area (Å²) in [5.74, 6) is -2.40. The number of nitrogens with zero attached hydrogens (tertiary/aromatic N) is 1. The van der Waals surface area contributed by atoms with E-state index in [0.29, 0.717) is 23.9 Å². The Balaban J connectivity index is 4.43. The molecule has 0 aromatic carbocycles. The molecule has 0 fully saturated rings. The van der Waals surface area contributed by atoms with Gasteiger partial charge in [0, 0.05) is 12.8 Å². The number of ether oxygens (including phenoxy) is 4. The minimum Gasteiger partial charge on any atom is -0.545 e. The van der Waals surface area contributed by atoms with E-state index in [1.54, 1.807) is 0 Å². The first kappa shape index (κ1) is 69.7. The van der Waals surface area contributed by atoms with E-state index in [0.717, 1.165) is 128 Å². The van der Waals surface area contributed by atoms with E-state index >= 15 is 0 Å². The van der Waals surface area contributed by atoms with E-state index in [4.69, 9.17) is 18.9 Å². The fourth-order valence-electron chi connectivity index (χ4n) is 6.67. The van der Waals surface area contributed by atoms with E-state index in [1.165, 1.54) is 0 Å². The van der Waals surface area contributed by atoms with Gasteiger partial charge in [0.25, 0.3) is 0 Å². The highest BCUT2D eigenvalue weighted by atomic mass is 16.7. The molecule has 2 atom stereocenters. The van der Waals surface area contributed by atoms with Gasteiger partial charge in [-0.15, -0.1) is 0 Å². The average Bonchev–Trinajstić information content (AvgIpc) is 3.38. The Morgan fingerprint density at radius 2 is 0.720 bits per heavy atom. The van der Waals surface area contributed by atoms with Crippen LogP contribution in [0.25, 0.3) is 0 Å². The van der Waals surface area contributed by atoms with Gasteiger partial charge in [0.2, 0.25) is 0 Å². The number of rotatable bonds is 49. The summed E-state index contributed by atoms with van der Waals surface area (Å²) < 4.78 is 22.6. The summed E-state index contributed by atoms with van der Waals surface area (Å²) in [6, 6.07) is 0. The number of likely N-dealkylation sites (N-methyl/N-ethyl adjacent to an activating group) is 1. The molecular formula is C66H101NO8. The normalized spacial score (nSPS) is 14.1. The summed E-state index contributed by atoms with van der Waals surface area (Å²) in [4.78, 5) is 37.2. The van der Waals surface area contributed by atoms with Crippen molar-refractivity contribution in [1.29, 1.82) is 0 Å². The molecule has 0 radical (unpaired) electrons. The number of aliphatic carboxylic acids is 1. The number of carboxylic acids is 1. The lowest BCUT2D eigenvalue weighted by atomic mass is 10.1. The van der Waals surface area contributed by atoms with Crippen LogP contribution in [-0.4, -0.2) is 82.3 Å². The smallest absolute Gasteiger partial charge is 0.306 e. The van der Waals surface area contributed by atoms with E-state index in [-0.39, 0.29) is 32.7 Å². The molecule has 0 bridgehead atoms. The topological polar surface area (TPSA) is 111 Å². The molecule has 0 heterocycles. The van der Waals surface area contributed by atoms with Crippen molar-refractivity contribution in [2.45, 2.75) is 180 Å². The molecule has 0 saturated heterocycles. The van der Waals surface area contributed by atoms with Crippen LogP contribution in [0.15, 0.2) is 170 Å². The standard InChI is InChI=1S/C66H101NO8/c1-6-8-10-12-14-16-18-20-22-24-25-26-27-28-29-30-31-32-33-34-35-36-37-38-39-41-43-45-47-49-51-53-55-57-64(69)75-62(61-74-66(65(70)71)72-59-58-67(3,4)5)60-73-63(68)56-54-52-50-48-46-44-42-40-23-21-19-17-15-13-11-9-7-2/h8-11,14-17,20-23,25-26,28-29,31-32,34-35,37-38,41-44,47,49,62,66H,6-7,12-13,18-19,24,27,30,33,36,39-40,45-46,48,50-61H2,1-5H3/b10-8-,11-9-,16-14-,17-15-,22-20-,23-21-,26-25-,29-28-,32-31-,35-34-,38-37-,43-41-,44-42-,49-47-. The van der Waals surface area contributed by atoms with E-state index < -0.39 is 30.3 Å². The van der Waals surface area contributed by atoms with Crippen molar-refractivity contribution in [2.75, 3.05) is 47.5 Å². The van der Waals surface area contributed by atoms with Gasteiger partial charge >= 0.3 is 11.9 Å². The monoisotopic (exact) mass is 1040 g/mol. The lowest BCUT2D eigenvalue weighted by Crippen LogP contribution is -2.44. The number of unbranched alkanes of at least 4 members (excludes halogenated alkanes) is 6. The van der Waals surface area contributed by atoms with Crippen molar-refractivity contribution >= 4 is 17.9 Å². The molecule has 75 heavy (non-hydrogen) atoms. The van der Waals surface area contributed by atoms with Gasteiger partial charge in [-0.1, -0.05) is 197 Å². The summed E-state index contributed by atoms with van der Waals surface area (Å²) in [6.45, 7) is 4.39. The lowest BCUT2D eigenvalue weighted by molar-refractivity contribution is -0.870. The van der Waals surface area contributed by atoms with Gasteiger partial charge < -0.3 is 33.3 Å². The summed E-state index contributed by atoms with van der Waals surface area (Å²) in [7, 11) is 5.88. The van der Waals surface area contributed by atoms with Gasteiger partial charge in [0.15, 0.2) is 12.4 Å². The van der Waals surface area contributed by atoms with Crippen molar-refractivity contribution in [3.63, 3.8) is 0 Å². The molecule has 0 saturated carbocycles. The van der Waals surface area contributed by atoms with Crippen molar-refractivity contribution in [1.82, 2.24) is 0 Å². The Morgan fingerprint density at radius 1 is 0.400 bits per heavy atom. The van der Waals surface area contributed by atoms with Crippen LogP contribution in [0.2, 0.25) is 0 Å².